The van der Waals surface area contributed by atoms with Crippen molar-refractivity contribution in [1.29, 1.82) is 0 Å². The number of tetrazole rings is 1. The summed E-state index contributed by atoms with van der Waals surface area (Å²) in [6.07, 6.45) is 0. The van der Waals surface area contributed by atoms with E-state index in [1.54, 1.807) is 0 Å². The molecule has 0 unspecified atom stereocenters. The minimum Gasteiger partial charge on any atom is -0.494 e. The first-order chi connectivity index (χ1) is 15.4. The van der Waals surface area contributed by atoms with Gasteiger partial charge in [0.15, 0.2) is 5.82 Å². The third kappa shape index (κ3) is 4.75. The molecule has 1 aromatic heterocycles. The minimum atomic E-state index is -0.238. The molecule has 0 spiro atoms. The molecule has 4 rings (SSSR count). The summed E-state index contributed by atoms with van der Waals surface area (Å²) in [6.45, 7) is 12.3. The Morgan fingerprint density at radius 3 is 2.22 bits per heavy atom. The van der Waals surface area contributed by atoms with Crippen molar-refractivity contribution < 1.29 is 9.13 Å². The molecule has 1 aliphatic heterocycles. The van der Waals surface area contributed by atoms with Crippen LogP contribution in [0.2, 0.25) is 0 Å². The van der Waals surface area contributed by atoms with E-state index in [2.05, 4.69) is 58.2 Å². The van der Waals surface area contributed by atoms with E-state index < -0.39 is 0 Å². The third-order valence-corrected chi connectivity index (χ3v) is 5.75. The summed E-state index contributed by atoms with van der Waals surface area (Å²) in [5.74, 6) is 1.47. The van der Waals surface area contributed by atoms with Crippen LogP contribution in [0.25, 0.3) is 0 Å². The van der Waals surface area contributed by atoms with Crippen LogP contribution < -0.4 is 9.64 Å². The molecule has 0 saturated carbocycles. The summed E-state index contributed by atoms with van der Waals surface area (Å²) in [4.78, 5) is 4.71. The monoisotopic (exact) mass is 438 g/mol. The molecule has 0 bridgehead atoms. The normalized spacial score (nSPS) is 16.2. The van der Waals surface area contributed by atoms with Crippen LogP contribution in [-0.2, 0) is 5.54 Å². The van der Waals surface area contributed by atoms with Crippen molar-refractivity contribution in [2.24, 2.45) is 0 Å². The van der Waals surface area contributed by atoms with Crippen molar-refractivity contribution in [2.45, 2.75) is 39.3 Å². The van der Waals surface area contributed by atoms with E-state index in [9.17, 15) is 4.39 Å². The Bertz CT molecular complexity index is 1000. The summed E-state index contributed by atoms with van der Waals surface area (Å²) >= 11 is 0. The second-order valence-electron chi connectivity index (χ2n) is 9.02. The van der Waals surface area contributed by atoms with E-state index >= 15 is 0 Å². The first kappa shape index (κ1) is 22.2. The van der Waals surface area contributed by atoms with Crippen LogP contribution in [0.4, 0.5) is 10.1 Å². The topological polar surface area (TPSA) is 59.3 Å². The molecule has 1 saturated heterocycles. The third-order valence-electron chi connectivity index (χ3n) is 5.75. The van der Waals surface area contributed by atoms with Gasteiger partial charge in [-0.3, -0.25) is 4.90 Å². The highest BCUT2D eigenvalue weighted by molar-refractivity contribution is 5.46. The number of halogens is 1. The van der Waals surface area contributed by atoms with Crippen molar-refractivity contribution in [3.8, 4) is 5.75 Å². The fourth-order valence-corrected chi connectivity index (χ4v) is 4.17. The van der Waals surface area contributed by atoms with Gasteiger partial charge in [0.2, 0.25) is 0 Å². The van der Waals surface area contributed by atoms with Crippen molar-refractivity contribution in [1.82, 2.24) is 25.1 Å². The zero-order chi connectivity index (χ0) is 22.7. The second kappa shape index (κ2) is 9.24. The SMILES string of the molecule is CCOc1ccc([C@@H](c2nnnn2C(C)(C)C)N2CCN(c3ccc(F)cc3)CC2)cc1. The molecule has 1 atom stereocenters. The van der Waals surface area contributed by atoms with Gasteiger partial charge in [-0.1, -0.05) is 12.1 Å². The van der Waals surface area contributed by atoms with E-state index in [1.807, 2.05) is 35.9 Å². The van der Waals surface area contributed by atoms with E-state index in [0.29, 0.717) is 6.61 Å². The molecule has 0 N–H and O–H groups in total. The minimum absolute atomic E-state index is 0.0738. The lowest BCUT2D eigenvalue weighted by Crippen LogP contribution is -2.48. The predicted octanol–water partition coefficient (Wildman–Crippen LogP) is 3.88. The highest BCUT2D eigenvalue weighted by Gasteiger charge is 2.33. The maximum atomic E-state index is 13.3. The van der Waals surface area contributed by atoms with Gasteiger partial charge in [-0.25, -0.2) is 9.07 Å². The Hall–Kier alpha value is -3.00. The molecule has 8 heteroatoms. The molecule has 0 radical (unpaired) electrons. The van der Waals surface area contributed by atoms with Gasteiger partial charge >= 0.3 is 0 Å². The van der Waals surface area contributed by atoms with E-state index in [1.165, 1.54) is 12.1 Å². The van der Waals surface area contributed by atoms with Crippen molar-refractivity contribution in [3.05, 3.63) is 65.7 Å². The van der Waals surface area contributed by atoms with Gasteiger partial charge in [-0.05, 0) is 80.1 Å². The van der Waals surface area contributed by atoms with Crippen LogP contribution in [0.5, 0.6) is 5.75 Å². The maximum absolute atomic E-state index is 13.3. The number of anilines is 1. The fourth-order valence-electron chi connectivity index (χ4n) is 4.17. The molecule has 2 heterocycles. The first-order valence-electron chi connectivity index (χ1n) is 11.1. The van der Waals surface area contributed by atoms with Gasteiger partial charge < -0.3 is 9.64 Å². The molecule has 32 heavy (non-hydrogen) atoms. The Balaban J connectivity index is 1.61. The highest BCUT2D eigenvalue weighted by Crippen LogP contribution is 2.32. The number of piperazine rings is 1. The van der Waals surface area contributed by atoms with Crippen LogP contribution in [0.1, 0.15) is 45.1 Å². The van der Waals surface area contributed by atoms with Gasteiger partial charge in [0, 0.05) is 31.9 Å². The average Bonchev–Trinajstić information content (AvgIpc) is 3.27. The van der Waals surface area contributed by atoms with Gasteiger partial charge in [0.25, 0.3) is 0 Å². The zero-order valence-electron chi connectivity index (χ0n) is 19.2. The molecule has 170 valence electrons. The Morgan fingerprint density at radius 2 is 1.62 bits per heavy atom. The molecule has 1 fully saturated rings. The van der Waals surface area contributed by atoms with Crippen LogP contribution in [0, 0.1) is 5.82 Å². The van der Waals surface area contributed by atoms with Gasteiger partial charge in [0.1, 0.15) is 11.6 Å². The lowest BCUT2D eigenvalue weighted by atomic mass is 10.0. The Morgan fingerprint density at radius 1 is 0.969 bits per heavy atom. The fraction of sp³-hybridized carbons (Fsp3) is 0.458. The number of rotatable bonds is 6. The molecular weight excluding hydrogens is 407 g/mol. The first-order valence-corrected chi connectivity index (χ1v) is 11.1. The summed E-state index contributed by atoms with van der Waals surface area (Å²) in [5, 5.41) is 12.8. The van der Waals surface area contributed by atoms with E-state index in [0.717, 1.165) is 49.0 Å². The van der Waals surface area contributed by atoms with E-state index in [4.69, 9.17) is 4.74 Å². The number of hydrogen-bond donors (Lipinski definition) is 0. The van der Waals surface area contributed by atoms with Crippen LogP contribution in [-0.4, -0.2) is 57.9 Å². The lowest BCUT2D eigenvalue weighted by molar-refractivity contribution is 0.191. The number of ether oxygens (including phenoxy) is 1. The largest absolute Gasteiger partial charge is 0.494 e. The molecule has 3 aromatic rings. The van der Waals surface area contributed by atoms with Crippen LogP contribution in [0.15, 0.2) is 48.5 Å². The van der Waals surface area contributed by atoms with Gasteiger partial charge in [-0.2, -0.15) is 0 Å². The van der Waals surface area contributed by atoms with Crippen molar-refractivity contribution in [3.63, 3.8) is 0 Å². The highest BCUT2D eigenvalue weighted by atomic mass is 19.1. The molecule has 0 amide bonds. The summed E-state index contributed by atoms with van der Waals surface area (Å²) < 4.78 is 20.9. The van der Waals surface area contributed by atoms with Gasteiger partial charge in [0.05, 0.1) is 18.2 Å². The average molecular weight is 439 g/mol. The number of aromatic nitrogens is 4. The summed E-state index contributed by atoms with van der Waals surface area (Å²) in [5.41, 5.74) is 1.94. The lowest BCUT2D eigenvalue weighted by Gasteiger charge is -2.40. The molecule has 1 aliphatic rings. The van der Waals surface area contributed by atoms with Crippen molar-refractivity contribution >= 4 is 5.69 Å². The molecule has 0 aliphatic carbocycles. The summed E-state index contributed by atoms with van der Waals surface area (Å²) in [7, 11) is 0. The van der Waals surface area contributed by atoms with Crippen LogP contribution in [0.3, 0.4) is 0 Å². The standard InChI is InChI=1S/C24H31FN6O/c1-5-32-21-12-6-18(7-13-21)22(23-26-27-28-31(23)24(2,3)4)30-16-14-29(15-17-30)20-10-8-19(25)9-11-20/h6-13,22H,5,14-17H2,1-4H3/t22-/m0/s1. The maximum Gasteiger partial charge on any atom is 0.173 e. The Kier molecular flexibility index (Phi) is 6.41. The molecule has 7 nitrogen and oxygen atoms in total. The zero-order valence-corrected chi connectivity index (χ0v) is 19.2. The predicted molar refractivity (Wildman–Crippen MR) is 122 cm³/mol. The van der Waals surface area contributed by atoms with Crippen LogP contribution >= 0.6 is 0 Å². The van der Waals surface area contributed by atoms with Gasteiger partial charge in [-0.15, -0.1) is 5.10 Å². The number of benzene rings is 2. The quantitative estimate of drug-likeness (QED) is 0.582. The smallest absolute Gasteiger partial charge is 0.173 e. The van der Waals surface area contributed by atoms with Crippen molar-refractivity contribution in [2.75, 3.05) is 37.7 Å². The number of nitrogens with zero attached hydrogens (tertiary/aromatic N) is 6. The molecular formula is C24H31FN6O. The Labute approximate surface area is 188 Å². The molecule has 2 aromatic carbocycles. The second-order valence-corrected chi connectivity index (χ2v) is 9.02. The van der Waals surface area contributed by atoms with E-state index in [-0.39, 0.29) is 17.4 Å². The number of hydrogen-bond acceptors (Lipinski definition) is 6. The summed E-state index contributed by atoms with van der Waals surface area (Å²) in [6, 6.07) is 14.9.